The second kappa shape index (κ2) is 12.4. The number of nitrogens with one attached hydrogen (secondary N) is 2. The van der Waals surface area contributed by atoms with Crippen LogP contribution >= 0.6 is 0 Å². The lowest BCUT2D eigenvalue weighted by molar-refractivity contribution is -0.385. The summed E-state index contributed by atoms with van der Waals surface area (Å²) >= 11 is 0. The van der Waals surface area contributed by atoms with Crippen LogP contribution in [0.5, 0.6) is 0 Å². The first-order valence-electron chi connectivity index (χ1n) is 12.0. The molecule has 0 saturated heterocycles. The van der Waals surface area contributed by atoms with Crippen molar-refractivity contribution >= 4 is 17.5 Å². The van der Waals surface area contributed by atoms with E-state index in [1.165, 1.54) is 17.7 Å². The van der Waals surface area contributed by atoms with Crippen LogP contribution in [0, 0.1) is 10.1 Å². The number of hydrogen-bond donors (Lipinski definition) is 3. The van der Waals surface area contributed by atoms with Crippen LogP contribution < -0.4 is 16.4 Å². The van der Waals surface area contributed by atoms with Crippen LogP contribution in [0.3, 0.4) is 0 Å². The number of carbonyl (C=O) groups excluding carboxylic acids is 2. The molecule has 2 aromatic rings. The van der Waals surface area contributed by atoms with Gasteiger partial charge in [-0.25, -0.2) is 4.68 Å². The lowest BCUT2D eigenvalue weighted by Gasteiger charge is -2.36. The van der Waals surface area contributed by atoms with Gasteiger partial charge in [-0.15, -0.1) is 5.10 Å². The van der Waals surface area contributed by atoms with Gasteiger partial charge in [-0.2, -0.15) is 0 Å². The third kappa shape index (κ3) is 6.95. The molecule has 3 atom stereocenters. The topological polar surface area (TPSA) is 167 Å². The highest BCUT2D eigenvalue weighted by molar-refractivity contribution is 5.93. The molecule has 0 saturated carbocycles. The number of carbonyl (C=O) groups is 2. The van der Waals surface area contributed by atoms with E-state index in [4.69, 9.17) is 10.5 Å². The minimum absolute atomic E-state index is 0.00570. The molecule has 36 heavy (non-hydrogen) atoms. The Labute approximate surface area is 209 Å². The van der Waals surface area contributed by atoms with Crippen LogP contribution in [0.1, 0.15) is 51.3 Å². The average molecular weight is 500 g/mol. The highest BCUT2D eigenvalue weighted by Gasteiger charge is 2.35. The number of benzene rings is 1. The van der Waals surface area contributed by atoms with Crippen molar-refractivity contribution in [3.05, 3.63) is 63.5 Å². The second-order valence-corrected chi connectivity index (χ2v) is 8.80. The second-order valence-electron chi connectivity index (χ2n) is 8.80. The number of nitrogens with zero attached hydrogens (tertiary/aromatic N) is 4. The van der Waals surface area contributed by atoms with Gasteiger partial charge in [-0.1, -0.05) is 37.3 Å². The summed E-state index contributed by atoms with van der Waals surface area (Å²) in [5.74, 6) is -0.517. The van der Waals surface area contributed by atoms with Crippen molar-refractivity contribution in [2.45, 2.75) is 77.4 Å². The molecule has 1 aliphatic carbocycles. The zero-order chi connectivity index (χ0) is 26.2. The molecule has 0 spiro atoms. The zero-order valence-electron chi connectivity index (χ0n) is 20.7. The van der Waals surface area contributed by atoms with Crippen LogP contribution in [0.2, 0.25) is 0 Å². The zero-order valence-corrected chi connectivity index (χ0v) is 20.7. The van der Waals surface area contributed by atoms with Gasteiger partial charge in [-0.05, 0) is 25.3 Å². The Morgan fingerprint density at radius 2 is 2.03 bits per heavy atom. The maximum atomic E-state index is 12.9. The number of amides is 2. The SMILES string of the molecule is CCC(CC)O[C@@H]1C=C(C(=O)NCc2cn(Cc3ccccc3[N+](=O)[O-])nn2)C[C@H](N)[C@H]1NC(C)=O. The number of nitrogens with two attached hydrogens (primary N) is 1. The molecule has 0 bridgehead atoms. The quantitative estimate of drug-likeness (QED) is 0.309. The van der Waals surface area contributed by atoms with E-state index < -0.39 is 23.1 Å². The van der Waals surface area contributed by atoms with Crippen LogP contribution in [-0.4, -0.2) is 56.0 Å². The molecule has 0 aliphatic heterocycles. The summed E-state index contributed by atoms with van der Waals surface area (Å²) < 4.78 is 7.66. The van der Waals surface area contributed by atoms with E-state index in [0.717, 1.165) is 12.8 Å². The fourth-order valence-corrected chi connectivity index (χ4v) is 4.19. The molecule has 12 heteroatoms. The van der Waals surface area contributed by atoms with E-state index in [9.17, 15) is 19.7 Å². The number of aromatic nitrogens is 3. The van der Waals surface area contributed by atoms with Gasteiger partial charge < -0.3 is 21.1 Å². The number of nitro benzene ring substituents is 1. The van der Waals surface area contributed by atoms with Crippen LogP contribution in [0.4, 0.5) is 5.69 Å². The molecule has 194 valence electrons. The third-order valence-electron chi connectivity index (χ3n) is 6.09. The Hall–Kier alpha value is -3.64. The Morgan fingerprint density at radius 3 is 2.69 bits per heavy atom. The first kappa shape index (κ1) is 27.0. The normalized spacial score (nSPS) is 19.6. The van der Waals surface area contributed by atoms with Gasteiger partial charge in [0.15, 0.2) is 0 Å². The van der Waals surface area contributed by atoms with Crippen molar-refractivity contribution in [3.63, 3.8) is 0 Å². The molecule has 1 aromatic carbocycles. The molecule has 1 aliphatic rings. The molecule has 12 nitrogen and oxygen atoms in total. The lowest BCUT2D eigenvalue weighted by atomic mass is 9.87. The summed E-state index contributed by atoms with van der Waals surface area (Å²) in [6.45, 7) is 5.76. The highest BCUT2D eigenvalue weighted by atomic mass is 16.6. The fraction of sp³-hybridized carbons (Fsp3) is 0.500. The number of hydrogen-bond acceptors (Lipinski definition) is 8. The van der Waals surface area contributed by atoms with Crippen LogP contribution in [0.15, 0.2) is 42.1 Å². The van der Waals surface area contributed by atoms with Gasteiger partial charge in [0.2, 0.25) is 11.8 Å². The van der Waals surface area contributed by atoms with Crippen molar-refractivity contribution < 1.29 is 19.2 Å². The van der Waals surface area contributed by atoms with Crippen molar-refractivity contribution in [1.29, 1.82) is 0 Å². The highest BCUT2D eigenvalue weighted by Crippen LogP contribution is 2.23. The summed E-state index contributed by atoms with van der Waals surface area (Å²) in [5, 5.41) is 25.0. The summed E-state index contributed by atoms with van der Waals surface area (Å²) in [6.07, 6.45) is 4.70. The van der Waals surface area contributed by atoms with E-state index in [2.05, 4.69) is 20.9 Å². The Balaban J connectivity index is 1.66. The summed E-state index contributed by atoms with van der Waals surface area (Å²) in [4.78, 5) is 35.4. The molecule has 0 unspecified atom stereocenters. The minimum atomic E-state index is -0.522. The van der Waals surface area contributed by atoms with Gasteiger partial charge in [0.05, 0.1) is 48.0 Å². The summed E-state index contributed by atoms with van der Waals surface area (Å²) in [6, 6.07) is 5.51. The number of rotatable bonds is 11. The Kier molecular flexibility index (Phi) is 9.25. The van der Waals surface area contributed by atoms with E-state index in [1.54, 1.807) is 30.5 Å². The Morgan fingerprint density at radius 1 is 1.31 bits per heavy atom. The molecular weight excluding hydrogens is 466 g/mol. The van der Waals surface area contributed by atoms with E-state index in [-0.39, 0.29) is 43.1 Å². The third-order valence-corrected chi connectivity index (χ3v) is 6.09. The van der Waals surface area contributed by atoms with Gasteiger partial charge in [0.25, 0.3) is 5.69 Å². The average Bonchev–Trinajstić information content (AvgIpc) is 3.29. The largest absolute Gasteiger partial charge is 0.369 e. The van der Waals surface area contributed by atoms with Crippen molar-refractivity contribution in [2.75, 3.05) is 0 Å². The Bertz CT molecular complexity index is 1110. The molecular formula is C24H33N7O5. The van der Waals surface area contributed by atoms with Crippen molar-refractivity contribution in [2.24, 2.45) is 5.73 Å². The molecule has 1 heterocycles. The predicted molar refractivity (Wildman–Crippen MR) is 132 cm³/mol. The van der Waals surface area contributed by atoms with E-state index in [0.29, 0.717) is 16.8 Å². The fourth-order valence-electron chi connectivity index (χ4n) is 4.19. The first-order chi connectivity index (χ1) is 17.2. The van der Waals surface area contributed by atoms with Crippen molar-refractivity contribution in [3.8, 4) is 0 Å². The van der Waals surface area contributed by atoms with E-state index >= 15 is 0 Å². The molecule has 3 rings (SSSR count). The van der Waals surface area contributed by atoms with E-state index in [1.807, 2.05) is 13.8 Å². The standard InChI is InChI=1S/C24H33N7O5/c1-4-19(5-2)36-22-11-17(10-20(25)23(22)27-15(3)32)24(33)26-12-18-14-30(29-28-18)13-16-8-6-7-9-21(16)31(34)35/h6-9,11,14,19-20,22-23H,4-5,10,12-13,25H2,1-3H3,(H,26,33)(H,27,32)/t20-,22+,23+/m0/s1. The first-order valence-corrected chi connectivity index (χ1v) is 12.0. The molecule has 0 radical (unpaired) electrons. The smallest absolute Gasteiger partial charge is 0.274 e. The molecule has 1 aromatic heterocycles. The van der Waals surface area contributed by atoms with Gasteiger partial charge in [0, 0.05) is 24.6 Å². The van der Waals surface area contributed by atoms with Crippen molar-refractivity contribution in [1.82, 2.24) is 25.6 Å². The van der Waals surface area contributed by atoms with Gasteiger partial charge in [0.1, 0.15) is 5.69 Å². The van der Waals surface area contributed by atoms with Crippen LogP contribution in [0.25, 0.3) is 0 Å². The molecule has 0 fully saturated rings. The number of nitro groups is 1. The summed E-state index contributed by atoms with van der Waals surface area (Å²) in [5.41, 5.74) is 7.82. The summed E-state index contributed by atoms with van der Waals surface area (Å²) in [7, 11) is 0. The van der Waals surface area contributed by atoms with Gasteiger partial charge >= 0.3 is 0 Å². The maximum absolute atomic E-state index is 12.9. The predicted octanol–water partition coefficient (Wildman–Crippen LogP) is 1.59. The maximum Gasteiger partial charge on any atom is 0.274 e. The number of ether oxygens (including phenoxy) is 1. The van der Waals surface area contributed by atoms with Gasteiger partial charge in [-0.3, -0.25) is 19.7 Å². The lowest BCUT2D eigenvalue weighted by Crippen LogP contribution is -2.57. The van der Waals surface area contributed by atoms with Crippen LogP contribution in [-0.2, 0) is 27.4 Å². The monoisotopic (exact) mass is 499 g/mol. The minimum Gasteiger partial charge on any atom is -0.369 e. The molecule has 4 N–H and O–H groups in total. The number of para-hydroxylation sites is 1. The molecule has 2 amide bonds.